The Hall–Kier alpha value is -1.53. The summed E-state index contributed by atoms with van der Waals surface area (Å²) in [6.07, 6.45) is 2.83. The Bertz CT molecular complexity index is 442. The second-order valence-electron chi connectivity index (χ2n) is 5.59. The molecule has 2 fully saturated rings. The van der Waals surface area contributed by atoms with E-state index in [-0.39, 0.29) is 0 Å². The van der Waals surface area contributed by atoms with Crippen molar-refractivity contribution in [3.05, 3.63) is 29.8 Å². The molecule has 0 radical (unpaired) electrons. The van der Waals surface area contributed by atoms with Crippen LogP contribution in [-0.2, 0) is 0 Å². The van der Waals surface area contributed by atoms with E-state index >= 15 is 0 Å². The van der Waals surface area contributed by atoms with Gasteiger partial charge in [0.05, 0.1) is 50.9 Å². The van der Waals surface area contributed by atoms with Crippen molar-refractivity contribution < 1.29 is 4.48 Å². The summed E-state index contributed by atoms with van der Waals surface area (Å²) in [7, 11) is 0. The summed E-state index contributed by atoms with van der Waals surface area (Å²) in [5, 5.41) is 8.81. The molecule has 0 aromatic heterocycles. The first kappa shape index (κ1) is 11.6. The molecule has 3 heteroatoms. The maximum absolute atomic E-state index is 8.81. The van der Waals surface area contributed by atoms with Crippen molar-refractivity contribution in [1.82, 2.24) is 0 Å². The van der Waals surface area contributed by atoms with Gasteiger partial charge in [0, 0.05) is 18.5 Å². The Morgan fingerprint density at radius 2 is 1.56 bits per heavy atom. The van der Waals surface area contributed by atoms with Crippen LogP contribution >= 0.6 is 0 Å². The number of hydrogen-bond donors (Lipinski definition) is 0. The number of hydrogen-bond acceptors (Lipinski definition) is 2. The molecule has 0 bridgehead atoms. The number of nitriles is 1. The summed E-state index contributed by atoms with van der Waals surface area (Å²) in [6.45, 7) is 7.68. The quantitative estimate of drug-likeness (QED) is 0.704. The van der Waals surface area contributed by atoms with Gasteiger partial charge in [-0.05, 0) is 24.3 Å². The molecule has 0 unspecified atom stereocenters. The number of nitrogens with zero attached hydrogens (tertiary/aromatic N) is 3. The van der Waals surface area contributed by atoms with Gasteiger partial charge in [-0.15, -0.1) is 0 Å². The van der Waals surface area contributed by atoms with Crippen LogP contribution in [0, 0.1) is 11.3 Å². The molecule has 2 aliphatic heterocycles. The zero-order valence-electron chi connectivity index (χ0n) is 10.8. The smallest absolute Gasteiger partial charge is 0.0991 e. The van der Waals surface area contributed by atoms with Crippen LogP contribution in [-0.4, -0.2) is 43.8 Å². The fraction of sp³-hybridized carbons (Fsp3) is 0.533. The highest BCUT2D eigenvalue weighted by molar-refractivity contribution is 5.49. The molecule has 1 aromatic rings. The maximum Gasteiger partial charge on any atom is 0.0991 e. The molecule has 1 spiro atoms. The van der Waals surface area contributed by atoms with Crippen molar-refractivity contribution >= 4 is 5.69 Å². The molecule has 18 heavy (non-hydrogen) atoms. The lowest BCUT2D eigenvalue weighted by Crippen LogP contribution is -2.58. The van der Waals surface area contributed by atoms with Gasteiger partial charge in [-0.3, -0.25) is 0 Å². The van der Waals surface area contributed by atoms with Gasteiger partial charge in [0.15, 0.2) is 0 Å². The Morgan fingerprint density at radius 3 is 2.11 bits per heavy atom. The van der Waals surface area contributed by atoms with Crippen LogP contribution in [0.5, 0.6) is 0 Å². The molecule has 3 rings (SSSR count). The van der Waals surface area contributed by atoms with Gasteiger partial charge in [-0.25, -0.2) is 0 Å². The first-order chi connectivity index (χ1) is 8.81. The third-order valence-corrected chi connectivity index (χ3v) is 4.56. The summed E-state index contributed by atoms with van der Waals surface area (Å²) in [4.78, 5) is 2.46. The fourth-order valence-electron chi connectivity index (χ4n) is 3.35. The highest BCUT2D eigenvalue weighted by Crippen LogP contribution is 2.25. The molecule has 2 heterocycles. The van der Waals surface area contributed by atoms with Crippen molar-refractivity contribution in [3.63, 3.8) is 0 Å². The Morgan fingerprint density at radius 1 is 0.944 bits per heavy atom. The summed E-state index contributed by atoms with van der Waals surface area (Å²) in [6, 6.07) is 10.2. The Balaban J connectivity index is 1.66. The van der Waals surface area contributed by atoms with Crippen LogP contribution in [0.1, 0.15) is 18.4 Å². The molecular formula is C15H20N3+. The normalized spacial score (nSPS) is 22.1. The van der Waals surface area contributed by atoms with Crippen LogP contribution in [0.25, 0.3) is 0 Å². The van der Waals surface area contributed by atoms with Gasteiger partial charge in [-0.1, -0.05) is 0 Å². The molecule has 0 atom stereocenters. The van der Waals surface area contributed by atoms with Crippen molar-refractivity contribution in [2.75, 3.05) is 44.2 Å². The molecule has 3 nitrogen and oxygen atoms in total. The number of rotatable bonds is 1. The first-order valence-corrected chi connectivity index (χ1v) is 6.92. The molecule has 0 saturated carbocycles. The highest BCUT2D eigenvalue weighted by Gasteiger charge is 2.35. The van der Waals surface area contributed by atoms with Crippen LogP contribution < -0.4 is 4.90 Å². The lowest BCUT2D eigenvalue weighted by Gasteiger charge is -2.42. The number of anilines is 1. The van der Waals surface area contributed by atoms with Crippen molar-refractivity contribution in [2.24, 2.45) is 0 Å². The van der Waals surface area contributed by atoms with Gasteiger partial charge in [-0.2, -0.15) is 5.26 Å². The zero-order valence-corrected chi connectivity index (χ0v) is 10.8. The average Bonchev–Trinajstić information content (AvgIpc) is 2.88. The van der Waals surface area contributed by atoms with E-state index in [1.54, 1.807) is 0 Å². The monoisotopic (exact) mass is 242 g/mol. The largest absolute Gasteiger partial charge is 0.360 e. The van der Waals surface area contributed by atoms with Gasteiger partial charge < -0.3 is 9.38 Å². The maximum atomic E-state index is 8.81. The molecule has 0 N–H and O–H groups in total. The molecule has 0 amide bonds. The third kappa shape index (κ3) is 2.09. The van der Waals surface area contributed by atoms with Crippen LogP contribution in [0.3, 0.4) is 0 Å². The van der Waals surface area contributed by atoms with Crippen LogP contribution in [0.2, 0.25) is 0 Å². The molecule has 94 valence electrons. The summed E-state index contributed by atoms with van der Waals surface area (Å²) < 4.78 is 1.35. The van der Waals surface area contributed by atoms with E-state index in [2.05, 4.69) is 23.1 Å². The van der Waals surface area contributed by atoms with Crippen molar-refractivity contribution in [1.29, 1.82) is 5.26 Å². The van der Waals surface area contributed by atoms with E-state index in [0.717, 1.165) is 18.7 Å². The minimum absolute atomic E-state index is 0.749. The van der Waals surface area contributed by atoms with E-state index in [1.807, 2.05) is 12.1 Å². The minimum atomic E-state index is 0.749. The molecule has 2 saturated heterocycles. The Labute approximate surface area is 109 Å². The molecule has 0 aliphatic carbocycles. The van der Waals surface area contributed by atoms with E-state index in [1.165, 1.54) is 49.2 Å². The van der Waals surface area contributed by atoms with E-state index in [9.17, 15) is 0 Å². The minimum Gasteiger partial charge on any atom is -0.360 e. The number of piperazine rings is 1. The van der Waals surface area contributed by atoms with Gasteiger partial charge in [0.2, 0.25) is 0 Å². The lowest BCUT2D eigenvalue weighted by atomic mass is 10.2. The summed E-state index contributed by atoms with van der Waals surface area (Å²) >= 11 is 0. The third-order valence-electron chi connectivity index (χ3n) is 4.56. The number of quaternary nitrogens is 1. The molecular weight excluding hydrogens is 222 g/mol. The first-order valence-electron chi connectivity index (χ1n) is 6.92. The number of benzene rings is 1. The standard InChI is InChI=1S/C15H20N3/c16-13-14-3-5-15(6-4-14)17-7-11-18(12-8-17)9-1-2-10-18/h3-6H,1-2,7-12H2/q+1. The van der Waals surface area contributed by atoms with Crippen LogP contribution in [0.4, 0.5) is 5.69 Å². The van der Waals surface area contributed by atoms with Crippen molar-refractivity contribution in [2.45, 2.75) is 12.8 Å². The summed E-state index contributed by atoms with van der Waals surface area (Å²) in [5.41, 5.74) is 2.02. The topological polar surface area (TPSA) is 27.0 Å². The second kappa shape index (κ2) is 4.62. The lowest BCUT2D eigenvalue weighted by molar-refractivity contribution is -0.917. The summed E-state index contributed by atoms with van der Waals surface area (Å²) in [5.74, 6) is 0. The highest BCUT2D eigenvalue weighted by atomic mass is 15.4. The van der Waals surface area contributed by atoms with Gasteiger partial charge in [0.25, 0.3) is 0 Å². The van der Waals surface area contributed by atoms with Gasteiger partial charge >= 0.3 is 0 Å². The predicted octanol–water partition coefficient (Wildman–Crippen LogP) is 1.99. The molecule has 1 aromatic carbocycles. The van der Waals surface area contributed by atoms with E-state index < -0.39 is 0 Å². The van der Waals surface area contributed by atoms with Gasteiger partial charge in [0.1, 0.15) is 0 Å². The van der Waals surface area contributed by atoms with E-state index in [0.29, 0.717) is 0 Å². The Kier molecular flexibility index (Phi) is 2.97. The second-order valence-corrected chi connectivity index (χ2v) is 5.59. The molecule has 2 aliphatic rings. The predicted molar refractivity (Wildman–Crippen MR) is 72.3 cm³/mol. The fourth-order valence-corrected chi connectivity index (χ4v) is 3.35. The zero-order chi connectivity index (χ0) is 12.4. The average molecular weight is 242 g/mol. The van der Waals surface area contributed by atoms with Crippen LogP contribution in [0.15, 0.2) is 24.3 Å². The van der Waals surface area contributed by atoms with E-state index in [4.69, 9.17) is 5.26 Å². The van der Waals surface area contributed by atoms with Crippen molar-refractivity contribution in [3.8, 4) is 6.07 Å². The SMILES string of the molecule is N#Cc1ccc(N2CC[N+]3(CCCC3)CC2)cc1.